The van der Waals surface area contributed by atoms with Gasteiger partial charge in [-0.1, -0.05) is 26.0 Å². The van der Waals surface area contributed by atoms with Crippen LogP contribution in [0.15, 0.2) is 12.2 Å². The van der Waals surface area contributed by atoms with E-state index in [0.717, 1.165) is 0 Å². The number of hydrogen-bond donors (Lipinski definition) is 3. The van der Waals surface area contributed by atoms with Gasteiger partial charge in [-0.05, 0) is 18.8 Å². The second-order valence-corrected chi connectivity index (χ2v) is 5.73. The number of carbonyl (C=O) groups excluding carboxylic acids is 2. The van der Waals surface area contributed by atoms with Gasteiger partial charge in [-0.3, -0.25) is 14.4 Å². The first kappa shape index (κ1) is 17.2. The predicted octanol–water partition coefficient (Wildman–Crippen LogP) is 0.932. The van der Waals surface area contributed by atoms with Crippen molar-refractivity contribution in [3.8, 4) is 0 Å². The summed E-state index contributed by atoms with van der Waals surface area (Å²) in [7, 11) is 0. The van der Waals surface area contributed by atoms with E-state index in [1.165, 1.54) is 0 Å². The normalized spacial score (nSPS) is 21.1. The Bertz CT molecular complexity index is 418. The summed E-state index contributed by atoms with van der Waals surface area (Å²) in [5, 5.41) is 14.5. The highest BCUT2D eigenvalue weighted by Crippen LogP contribution is 2.25. The third-order valence-electron chi connectivity index (χ3n) is 3.45. The molecule has 0 bridgehead atoms. The summed E-state index contributed by atoms with van der Waals surface area (Å²) in [5.41, 5.74) is 0. The van der Waals surface area contributed by atoms with E-state index in [4.69, 9.17) is 5.11 Å². The van der Waals surface area contributed by atoms with Gasteiger partial charge in [0.1, 0.15) is 0 Å². The monoisotopic (exact) mass is 296 g/mol. The number of hydrogen-bond acceptors (Lipinski definition) is 3. The van der Waals surface area contributed by atoms with Crippen LogP contribution in [0.2, 0.25) is 0 Å². The van der Waals surface area contributed by atoms with Gasteiger partial charge in [0, 0.05) is 19.5 Å². The fraction of sp³-hybridized carbons (Fsp3) is 0.667. The lowest BCUT2D eigenvalue weighted by Gasteiger charge is -2.24. The van der Waals surface area contributed by atoms with Gasteiger partial charge < -0.3 is 15.7 Å². The van der Waals surface area contributed by atoms with Crippen molar-refractivity contribution in [2.75, 3.05) is 13.1 Å². The van der Waals surface area contributed by atoms with Crippen molar-refractivity contribution in [3.63, 3.8) is 0 Å². The van der Waals surface area contributed by atoms with Crippen LogP contribution in [0.1, 0.15) is 33.1 Å². The van der Waals surface area contributed by atoms with Gasteiger partial charge in [-0.15, -0.1) is 0 Å². The van der Waals surface area contributed by atoms with Crippen LogP contribution in [0.3, 0.4) is 0 Å². The molecule has 0 aliphatic heterocycles. The molecular formula is C15H24N2O4. The van der Waals surface area contributed by atoms with Crippen LogP contribution < -0.4 is 10.6 Å². The van der Waals surface area contributed by atoms with Gasteiger partial charge >= 0.3 is 5.97 Å². The van der Waals surface area contributed by atoms with Crippen molar-refractivity contribution in [2.45, 2.75) is 33.1 Å². The average molecular weight is 296 g/mol. The summed E-state index contributed by atoms with van der Waals surface area (Å²) in [6.07, 6.45) is 4.64. The van der Waals surface area contributed by atoms with Gasteiger partial charge in [0.2, 0.25) is 11.8 Å². The molecule has 0 saturated carbocycles. The smallest absolute Gasteiger partial charge is 0.307 e. The third kappa shape index (κ3) is 5.97. The number of carboxylic acids is 1. The molecule has 0 spiro atoms. The number of allylic oxidation sites excluding steroid dienone is 2. The van der Waals surface area contributed by atoms with Crippen LogP contribution in [0.5, 0.6) is 0 Å². The molecule has 2 amide bonds. The lowest BCUT2D eigenvalue weighted by atomic mass is 9.82. The van der Waals surface area contributed by atoms with Crippen LogP contribution in [0, 0.1) is 17.8 Å². The summed E-state index contributed by atoms with van der Waals surface area (Å²) in [5.74, 6) is -2.19. The lowest BCUT2D eigenvalue weighted by molar-refractivity contribution is -0.147. The second-order valence-electron chi connectivity index (χ2n) is 5.73. The number of amides is 2. The molecule has 6 nitrogen and oxygen atoms in total. The summed E-state index contributed by atoms with van der Waals surface area (Å²) in [6, 6.07) is 0. The van der Waals surface area contributed by atoms with E-state index in [1.54, 1.807) is 6.08 Å². The van der Waals surface area contributed by atoms with Crippen molar-refractivity contribution in [2.24, 2.45) is 17.8 Å². The average Bonchev–Trinajstić information content (AvgIpc) is 2.44. The zero-order chi connectivity index (χ0) is 15.8. The Morgan fingerprint density at radius 1 is 1.14 bits per heavy atom. The van der Waals surface area contributed by atoms with E-state index in [0.29, 0.717) is 25.3 Å². The van der Waals surface area contributed by atoms with Crippen molar-refractivity contribution in [1.29, 1.82) is 0 Å². The van der Waals surface area contributed by atoms with Gasteiger partial charge in [-0.2, -0.15) is 0 Å². The zero-order valence-corrected chi connectivity index (χ0v) is 12.6. The summed E-state index contributed by atoms with van der Waals surface area (Å²) in [4.78, 5) is 34.7. The standard InChI is InChI=1S/C15H24N2O4/c1-10(2)9-17-13(18)7-8-16-14(19)11-5-3-4-6-12(11)15(20)21/h3-4,10-12H,5-9H2,1-2H3,(H,16,19)(H,17,18)(H,20,21). The van der Waals surface area contributed by atoms with Gasteiger partial charge in [0.25, 0.3) is 0 Å². The highest BCUT2D eigenvalue weighted by Gasteiger charge is 2.33. The van der Waals surface area contributed by atoms with Crippen LogP contribution in [0.25, 0.3) is 0 Å². The summed E-state index contributed by atoms with van der Waals surface area (Å²) in [6.45, 7) is 4.85. The molecule has 118 valence electrons. The highest BCUT2D eigenvalue weighted by atomic mass is 16.4. The SMILES string of the molecule is CC(C)CNC(=O)CCNC(=O)C1CC=CCC1C(=O)O. The Kier molecular flexibility index (Phi) is 6.91. The number of carboxylic acid groups (broad SMARTS) is 1. The van der Waals surface area contributed by atoms with E-state index in [-0.39, 0.29) is 24.8 Å². The van der Waals surface area contributed by atoms with Gasteiger partial charge in [0.05, 0.1) is 11.8 Å². The Morgan fingerprint density at radius 3 is 2.33 bits per heavy atom. The maximum absolute atomic E-state index is 12.0. The molecule has 3 N–H and O–H groups in total. The van der Waals surface area contributed by atoms with E-state index < -0.39 is 17.8 Å². The van der Waals surface area contributed by atoms with Gasteiger partial charge in [-0.25, -0.2) is 0 Å². The van der Waals surface area contributed by atoms with Crippen molar-refractivity contribution in [3.05, 3.63) is 12.2 Å². The first-order valence-corrected chi connectivity index (χ1v) is 7.34. The Morgan fingerprint density at radius 2 is 1.76 bits per heavy atom. The summed E-state index contributed by atoms with van der Waals surface area (Å²) < 4.78 is 0. The first-order chi connectivity index (χ1) is 9.91. The van der Waals surface area contributed by atoms with Crippen LogP contribution >= 0.6 is 0 Å². The van der Waals surface area contributed by atoms with Crippen molar-refractivity contribution < 1.29 is 19.5 Å². The Labute approximate surface area is 125 Å². The van der Waals surface area contributed by atoms with E-state index in [1.807, 2.05) is 19.9 Å². The molecular weight excluding hydrogens is 272 g/mol. The molecule has 0 aromatic carbocycles. The predicted molar refractivity (Wildman–Crippen MR) is 78.5 cm³/mol. The molecule has 1 rings (SSSR count). The van der Waals surface area contributed by atoms with Crippen molar-refractivity contribution in [1.82, 2.24) is 10.6 Å². The second kappa shape index (κ2) is 8.44. The minimum Gasteiger partial charge on any atom is -0.481 e. The maximum Gasteiger partial charge on any atom is 0.307 e. The molecule has 0 aromatic rings. The lowest BCUT2D eigenvalue weighted by Crippen LogP contribution is -2.40. The Hall–Kier alpha value is -1.85. The topological polar surface area (TPSA) is 95.5 Å². The molecule has 6 heteroatoms. The first-order valence-electron chi connectivity index (χ1n) is 7.34. The van der Waals surface area contributed by atoms with E-state index >= 15 is 0 Å². The molecule has 0 fully saturated rings. The summed E-state index contributed by atoms with van der Waals surface area (Å²) >= 11 is 0. The molecule has 0 aromatic heterocycles. The quantitative estimate of drug-likeness (QED) is 0.609. The maximum atomic E-state index is 12.0. The molecule has 0 heterocycles. The van der Waals surface area contributed by atoms with E-state index in [9.17, 15) is 14.4 Å². The minimum absolute atomic E-state index is 0.109. The fourth-order valence-corrected chi connectivity index (χ4v) is 2.21. The molecule has 0 radical (unpaired) electrons. The molecule has 2 atom stereocenters. The number of nitrogens with one attached hydrogen (secondary N) is 2. The largest absolute Gasteiger partial charge is 0.481 e. The van der Waals surface area contributed by atoms with Crippen molar-refractivity contribution >= 4 is 17.8 Å². The number of rotatable bonds is 7. The highest BCUT2D eigenvalue weighted by molar-refractivity contribution is 5.85. The third-order valence-corrected chi connectivity index (χ3v) is 3.45. The van der Waals surface area contributed by atoms with Crippen LogP contribution in [-0.4, -0.2) is 36.0 Å². The van der Waals surface area contributed by atoms with Crippen LogP contribution in [0.4, 0.5) is 0 Å². The van der Waals surface area contributed by atoms with Gasteiger partial charge in [0.15, 0.2) is 0 Å². The number of aliphatic carboxylic acids is 1. The van der Waals surface area contributed by atoms with Crippen LogP contribution in [-0.2, 0) is 14.4 Å². The minimum atomic E-state index is -0.950. The fourth-order valence-electron chi connectivity index (χ4n) is 2.21. The molecule has 0 saturated heterocycles. The number of carbonyl (C=O) groups is 3. The molecule has 1 aliphatic carbocycles. The molecule has 1 aliphatic rings. The molecule has 21 heavy (non-hydrogen) atoms. The zero-order valence-electron chi connectivity index (χ0n) is 12.6. The molecule has 2 unspecified atom stereocenters. The van der Waals surface area contributed by atoms with E-state index in [2.05, 4.69) is 10.6 Å². The Balaban J connectivity index is 2.34.